The summed E-state index contributed by atoms with van der Waals surface area (Å²) in [6, 6.07) is 12.7. The molecule has 74 valence electrons. The van der Waals surface area contributed by atoms with Gasteiger partial charge in [-0.15, -0.1) is 0 Å². The molecule has 0 aromatic heterocycles. The molecule has 0 aliphatic carbocycles. The maximum atomic E-state index is 8.77. The van der Waals surface area contributed by atoms with Crippen LogP contribution in [0.5, 0.6) is 0 Å². The highest BCUT2D eigenvalue weighted by molar-refractivity contribution is 5.19. The van der Waals surface area contributed by atoms with Crippen molar-refractivity contribution in [2.75, 3.05) is 13.6 Å². The van der Waals surface area contributed by atoms with Crippen LogP contribution in [0.25, 0.3) is 0 Å². The summed E-state index contributed by atoms with van der Waals surface area (Å²) in [7, 11) is 2.05. The van der Waals surface area contributed by atoms with Gasteiger partial charge in [0, 0.05) is 6.04 Å². The van der Waals surface area contributed by atoms with Gasteiger partial charge in [-0.1, -0.05) is 37.3 Å². The number of hydrogen-bond acceptors (Lipinski definition) is 2. The molecule has 0 radical (unpaired) electrons. The second-order valence-corrected chi connectivity index (χ2v) is 3.36. The van der Waals surface area contributed by atoms with Gasteiger partial charge in [0.15, 0.2) is 0 Å². The molecule has 0 amide bonds. The molecular formula is C12H16N2. The second-order valence-electron chi connectivity index (χ2n) is 3.36. The van der Waals surface area contributed by atoms with E-state index < -0.39 is 0 Å². The van der Waals surface area contributed by atoms with Crippen LogP contribution in [0, 0.1) is 11.3 Å². The molecule has 0 aliphatic rings. The lowest BCUT2D eigenvalue weighted by molar-refractivity contribution is 0.261. The van der Waals surface area contributed by atoms with E-state index in [9.17, 15) is 0 Å². The summed E-state index contributed by atoms with van der Waals surface area (Å²) in [4.78, 5) is 2.19. The predicted molar refractivity (Wildman–Crippen MR) is 57.7 cm³/mol. The van der Waals surface area contributed by atoms with Crippen molar-refractivity contribution >= 4 is 0 Å². The Balaban J connectivity index is 2.84. The average molecular weight is 188 g/mol. The van der Waals surface area contributed by atoms with E-state index in [4.69, 9.17) is 5.26 Å². The van der Waals surface area contributed by atoms with Gasteiger partial charge in [0.1, 0.15) is 0 Å². The summed E-state index contributed by atoms with van der Waals surface area (Å²) in [5.74, 6) is 0. The van der Waals surface area contributed by atoms with Crippen LogP contribution in [-0.2, 0) is 0 Å². The standard InChI is InChI=1S/C12H16N2/c1-3-14(2)12(9-10-13)11-7-5-4-6-8-11/h4-8,12H,3,9H2,1-2H3. The number of hydrogen-bond donors (Lipinski definition) is 0. The maximum absolute atomic E-state index is 8.77. The zero-order valence-corrected chi connectivity index (χ0v) is 8.77. The van der Waals surface area contributed by atoms with Crippen molar-refractivity contribution in [3.05, 3.63) is 35.9 Å². The topological polar surface area (TPSA) is 27.0 Å². The smallest absolute Gasteiger partial charge is 0.0641 e. The molecule has 0 heterocycles. The maximum Gasteiger partial charge on any atom is 0.0641 e. The number of nitriles is 1. The highest BCUT2D eigenvalue weighted by atomic mass is 15.1. The second kappa shape index (κ2) is 5.41. The molecule has 1 unspecified atom stereocenters. The van der Waals surface area contributed by atoms with Crippen molar-refractivity contribution in [2.24, 2.45) is 0 Å². The van der Waals surface area contributed by atoms with Gasteiger partial charge in [0.2, 0.25) is 0 Å². The first-order valence-corrected chi connectivity index (χ1v) is 4.91. The third-order valence-corrected chi connectivity index (χ3v) is 2.50. The van der Waals surface area contributed by atoms with Crippen molar-refractivity contribution in [3.8, 4) is 6.07 Å². The van der Waals surface area contributed by atoms with Crippen molar-refractivity contribution in [1.29, 1.82) is 5.26 Å². The fraction of sp³-hybridized carbons (Fsp3) is 0.417. The van der Waals surface area contributed by atoms with E-state index in [1.54, 1.807) is 0 Å². The molecule has 2 heteroatoms. The van der Waals surface area contributed by atoms with E-state index in [2.05, 4.69) is 37.1 Å². The zero-order chi connectivity index (χ0) is 10.4. The van der Waals surface area contributed by atoms with Crippen molar-refractivity contribution < 1.29 is 0 Å². The SMILES string of the molecule is CCN(C)C(CC#N)c1ccccc1. The van der Waals surface area contributed by atoms with E-state index >= 15 is 0 Å². The van der Waals surface area contributed by atoms with Gasteiger partial charge in [-0.05, 0) is 19.2 Å². The van der Waals surface area contributed by atoms with Gasteiger partial charge in [-0.2, -0.15) is 5.26 Å². The minimum absolute atomic E-state index is 0.228. The van der Waals surface area contributed by atoms with E-state index in [-0.39, 0.29) is 6.04 Å². The minimum Gasteiger partial charge on any atom is -0.299 e. The zero-order valence-electron chi connectivity index (χ0n) is 8.77. The summed E-state index contributed by atoms with van der Waals surface area (Å²) >= 11 is 0. The van der Waals surface area contributed by atoms with Crippen LogP contribution in [0.3, 0.4) is 0 Å². The average Bonchev–Trinajstić information content (AvgIpc) is 2.26. The van der Waals surface area contributed by atoms with Crippen LogP contribution in [0.2, 0.25) is 0 Å². The van der Waals surface area contributed by atoms with Crippen LogP contribution >= 0.6 is 0 Å². The molecule has 2 nitrogen and oxygen atoms in total. The molecule has 0 bridgehead atoms. The van der Waals surface area contributed by atoms with Crippen LogP contribution in [0.1, 0.15) is 24.9 Å². The first-order valence-electron chi connectivity index (χ1n) is 4.91. The fourth-order valence-corrected chi connectivity index (χ4v) is 1.51. The molecule has 1 aromatic carbocycles. The summed E-state index contributed by atoms with van der Waals surface area (Å²) in [6.07, 6.45) is 0.550. The molecule has 1 rings (SSSR count). The Morgan fingerprint density at radius 3 is 2.50 bits per heavy atom. The molecule has 0 spiro atoms. The lowest BCUT2D eigenvalue weighted by Crippen LogP contribution is -2.23. The Morgan fingerprint density at radius 2 is 2.00 bits per heavy atom. The number of benzene rings is 1. The minimum atomic E-state index is 0.228. The summed E-state index contributed by atoms with van der Waals surface area (Å²) < 4.78 is 0. The highest BCUT2D eigenvalue weighted by Crippen LogP contribution is 2.21. The van der Waals surface area contributed by atoms with Crippen LogP contribution in [0.4, 0.5) is 0 Å². The fourth-order valence-electron chi connectivity index (χ4n) is 1.51. The molecular weight excluding hydrogens is 172 g/mol. The highest BCUT2D eigenvalue weighted by Gasteiger charge is 2.14. The Labute approximate surface area is 85.8 Å². The van der Waals surface area contributed by atoms with E-state index in [0.29, 0.717) is 6.42 Å². The molecule has 1 atom stereocenters. The Morgan fingerprint density at radius 1 is 1.36 bits per heavy atom. The van der Waals surface area contributed by atoms with Crippen molar-refractivity contribution in [1.82, 2.24) is 4.90 Å². The number of nitrogens with zero attached hydrogens (tertiary/aromatic N) is 2. The molecule has 0 aliphatic heterocycles. The van der Waals surface area contributed by atoms with Gasteiger partial charge >= 0.3 is 0 Å². The molecule has 0 saturated heterocycles. The van der Waals surface area contributed by atoms with Crippen LogP contribution < -0.4 is 0 Å². The molecule has 14 heavy (non-hydrogen) atoms. The molecule has 1 aromatic rings. The summed E-state index contributed by atoms with van der Waals surface area (Å²) in [5.41, 5.74) is 1.22. The summed E-state index contributed by atoms with van der Waals surface area (Å²) in [6.45, 7) is 3.06. The monoisotopic (exact) mass is 188 g/mol. The quantitative estimate of drug-likeness (QED) is 0.726. The van der Waals surface area contributed by atoms with Crippen molar-refractivity contribution in [3.63, 3.8) is 0 Å². The van der Waals surface area contributed by atoms with Crippen molar-refractivity contribution in [2.45, 2.75) is 19.4 Å². The lowest BCUT2D eigenvalue weighted by Gasteiger charge is -2.24. The Hall–Kier alpha value is -1.33. The molecule has 0 fully saturated rings. The molecule has 0 N–H and O–H groups in total. The van der Waals surface area contributed by atoms with Crippen LogP contribution in [-0.4, -0.2) is 18.5 Å². The number of rotatable bonds is 4. The van der Waals surface area contributed by atoms with Gasteiger partial charge in [0.05, 0.1) is 12.5 Å². The Kier molecular flexibility index (Phi) is 4.15. The Bertz CT molecular complexity index is 300. The largest absolute Gasteiger partial charge is 0.299 e. The predicted octanol–water partition coefficient (Wildman–Crippen LogP) is 2.59. The van der Waals surface area contributed by atoms with Gasteiger partial charge < -0.3 is 0 Å². The first-order chi connectivity index (χ1) is 6.79. The third-order valence-electron chi connectivity index (χ3n) is 2.50. The summed E-state index contributed by atoms with van der Waals surface area (Å²) in [5, 5.41) is 8.77. The van der Waals surface area contributed by atoms with E-state index in [0.717, 1.165) is 6.54 Å². The van der Waals surface area contributed by atoms with E-state index in [1.807, 2.05) is 18.2 Å². The van der Waals surface area contributed by atoms with Crippen LogP contribution in [0.15, 0.2) is 30.3 Å². The van der Waals surface area contributed by atoms with Gasteiger partial charge in [0.25, 0.3) is 0 Å². The van der Waals surface area contributed by atoms with Gasteiger partial charge in [-0.3, -0.25) is 4.90 Å². The van der Waals surface area contributed by atoms with Gasteiger partial charge in [-0.25, -0.2) is 0 Å². The normalized spacial score (nSPS) is 12.4. The van der Waals surface area contributed by atoms with E-state index in [1.165, 1.54) is 5.56 Å². The third kappa shape index (κ3) is 2.58. The lowest BCUT2D eigenvalue weighted by atomic mass is 10.0. The first kappa shape index (κ1) is 10.7. The molecule has 0 saturated carbocycles.